The van der Waals surface area contributed by atoms with Crippen molar-refractivity contribution in [2.45, 2.75) is 80.9 Å². The third-order valence-electron chi connectivity index (χ3n) is 8.81. The molecule has 3 unspecified atom stereocenters. The Labute approximate surface area is 236 Å². The summed E-state index contributed by atoms with van der Waals surface area (Å²) in [4.78, 5) is 50.3. The van der Waals surface area contributed by atoms with E-state index in [0.717, 1.165) is 11.1 Å². The molecule has 4 N–H and O–H groups in total. The van der Waals surface area contributed by atoms with Crippen LogP contribution in [0.15, 0.2) is 24.0 Å². The average molecular weight is 575 g/mol. The molecule has 0 aromatic heterocycles. The summed E-state index contributed by atoms with van der Waals surface area (Å²) in [5, 5.41) is 33.6. The molecular weight excluding hydrogens is 540 g/mol. The third-order valence-corrected chi connectivity index (χ3v) is 8.81. The molecule has 5 rings (SSSR count). The Morgan fingerprint density at radius 2 is 1.98 bits per heavy atom. The van der Waals surface area contributed by atoms with Crippen LogP contribution >= 0.6 is 0 Å². The number of nitrogens with zero attached hydrogens (tertiary/aromatic N) is 1. The molecule has 1 spiro atoms. The van der Waals surface area contributed by atoms with E-state index in [2.05, 4.69) is 10.2 Å². The lowest BCUT2D eigenvalue weighted by atomic mass is 9.50. The second kappa shape index (κ2) is 10.3. The van der Waals surface area contributed by atoms with Crippen molar-refractivity contribution >= 4 is 23.8 Å². The van der Waals surface area contributed by atoms with E-state index in [-0.39, 0.29) is 18.2 Å². The number of carbonyl (C=O) groups excluding carboxylic acids is 3. The van der Waals surface area contributed by atoms with Gasteiger partial charge in [-0.25, -0.2) is 4.79 Å². The largest absolute Gasteiger partial charge is 0.493 e. The lowest BCUT2D eigenvalue weighted by Gasteiger charge is -2.61. The first-order valence-corrected chi connectivity index (χ1v) is 13.5. The fraction of sp³-hybridized carbons (Fsp3) is 0.571. The Morgan fingerprint density at radius 3 is 2.66 bits per heavy atom. The van der Waals surface area contributed by atoms with E-state index in [4.69, 9.17) is 24.1 Å². The molecule has 2 bridgehead atoms. The van der Waals surface area contributed by atoms with Gasteiger partial charge >= 0.3 is 17.9 Å². The van der Waals surface area contributed by atoms with Gasteiger partial charge in [-0.3, -0.25) is 14.4 Å². The summed E-state index contributed by atoms with van der Waals surface area (Å²) in [6.07, 6.45) is -1.97. The molecule has 4 aliphatic rings. The lowest BCUT2D eigenvalue weighted by molar-refractivity contribution is -0.172. The Bertz CT molecular complexity index is 1330. The standard InChI is InChI=1S/C28H34N2O11/c1-13(25(34)35)29-24(33)14(2)39-26(36)16(31)12-20(32)40-18-7-8-28(37)19-11-15-5-6-17(38-4)22-21(15)27(28,23(18)41-22)9-10-30(19)3/h5-7,13-14,16,19,23,31,37H,8-12H2,1-4H3,(H,29,33)(H,34,35)/t13?,14?,16?,19-,23+,27+,28-/m1/s1. The molecule has 2 heterocycles. The molecular formula is C28H34N2O11. The number of carboxylic acid groups (broad SMARTS) is 1. The monoisotopic (exact) mass is 574 g/mol. The van der Waals surface area contributed by atoms with Gasteiger partial charge in [0.2, 0.25) is 0 Å². The second-order valence-corrected chi connectivity index (χ2v) is 11.1. The van der Waals surface area contributed by atoms with Crippen LogP contribution in [0.3, 0.4) is 0 Å². The summed E-state index contributed by atoms with van der Waals surface area (Å²) in [7, 11) is 3.51. The highest BCUT2D eigenvalue weighted by Crippen LogP contribution is 2.65. The molecule has 1 fully saturated rings. The van der Waals surface area contributed by atoms with E-state index in [1.165, 1.54) is 21.0 Å². The van der Waals surface area contributed by atoms with Crippen LogP contribution in [0.4, 0.5) is 0 Å². The number of aliphatic hydroxyl groups excluding tert-OH is 1. The van der Waals surface area contributed by atoms with Gasteiger partial charge in [0.25, 0.3) is 5.91 Å². The third kappa shape index (κ3) is 4.43. The minimum absolute atomic E-state index is 0.171. The van der Waals surface area contributed by atoms with Gasteiger partial charge in [0.15, 0.2) is 29.8 Å². The van der Waals surface area contributed by atoms with Crippen molar-refractivity contribution < 1.29 is 53.4 Å². The summed E-state index contributed by atoms with van der Waals surface area (Å²) < 4.78 is 22.5. The Morgan fingerprint density at radius 1 is 1.24 bits per heavy atom. The van der Waals surface area contributed by atoms with E-state index in [0.29, 0.717) is 30.9 Å². The van der Waals surface area contributed by atoms with Crippen LogP contribution in [0, 0.1) is 0 Å². The van der Waals surface area contributed by atoms with Gasteiger partial charge in [-0.1, -0.05) is 6.07 Å². The molecule has 13 heteroatoms. The van der Waals surface area contributed by atoms with Crippen LogP contribution in [0.1, 0.15) is 44.2 Å². The zero-order valence-electron chi connectivity index (χ0n) is 23.2. The van der Waals surface area contributed by atoms with Crippen LogP contribution in [0.25, 0.3) is 0 Å². The number of aliphatic carboxylic acids is 1. The number of nitrogens with one attached hydrogen (secondary N) is 1. The normalized spacial score (nSPS) is 29.6. The zero-order valence-corrected chi connectivity index (χ0v) is 23.2. The highest BCUT2D eigenvalue weighted by Gasteiger charge is 2.72. The summed E-state index contributed by atoms with van der Waals surface area (Å²) >= 11 is 0. The number of esters is 2. The SMILES string of the molecule is COc1ccc2c3c1O[C@H]1C(OC(=O)CC(O)C(=O)OC(C)C(=O)NC(C)C(=O)O)=CC[C@@]4(O)[C@@H](C2)N(C)CC[C@]314. The van der Waals surface area contributed by atoms with E-state index >= 15 is 0 Å². The first kappa shape index (κ1) is 28.8. The minimum atomic E-state index is -1.94. The number of ether oxygens (including phenoxy) is 4. The predicted molar refractivity (Wildman–Crippen MR) is 139 cm³/mol. The molecule has 7 atom stereocenters. The van der Waals surface area contributed by atoms with Gasteiger partial charge < -0.3 is 44.5 Å². The summed E-state index contributed by atoms with van der Waals surface area (Å²) in [6, 6.07) is 2.40. The van der Waals surface area contributed by atoms with Crippen LogP contribution in [0.2, 0.25) is 0 Å². The fourth-order valence-corrected chi connectivity index (χ4v) is 6.70. The van der Waals surface area contributed by atoms with Crippen LogP contribution in [-0.4, -0.2) is 101 Å². The van der Waals surface area contributed by atoms with Crippen molar-refractivity contribution in [1.29, 1.82) is 0 Å². The molecule has 0 radical (unpaired) electrons. The highest BCUT2D eigenvalue weighted by atomic mass is 16.6. The van der Waals surface area contributed by atoms with Crippen LogP contribution in [-0.2, 0) is 40.5 Å². The number of piperidine rings is 1. The van der Waals surface area contributed by atoms with Gasteiger partial charge in [0.05, 0.1) is 24.5 Å². The van der Waals surface area contributed by atoms with Crippen molar-refractivity contribution in [3.63, 3.8) is 0 Å². The van der Waals surface area contributed by atoms with Crippen molar-refractivity contribution in [2.24, 2.45) is 0 Å². The van der Waals surface area contributed by atoms with Gasteiger partial charge in [0.1, 0.15) is 11.8 Å². The molecule has 2 aliphatic heterocycles. The fourth-order valence-electron chi connectivity index (χ4n) is 6.70. The number of methoxy groups -OCH3 is 1. The number of hydrogen-bond acceptors (Lipinski definition) is 11. The van der Waals surface area contributed by atoms with Crippen LogP contribution in [0.5, 0.6) is 11.5 Å². The maximum absolute atomic E-state index is 12.9. The number of benzene rings is 1. The van der Waals surface area contributed by atoms with Crippen LogP contribution < -0.4 is 14.8 Å². The number of carbonyl (C=O) groups is 4. The molecule has 1 aromatic carbocycles. The Balaban J connectivity index is 1.31. The number of likely N-dealkylation sites (tertiary alicyclic amines) is 1. The average Bonchev–Trinajstić information content (AvgIpc) is 3.27. The van der Waals surface area contributed by atoms with Gasteiger partial charge in [-0.2, -0.15) is 0 Å². The molecule has 222 valence electrons. The summed E-state index contributed by atoms with van der Waals surface area (Å²) in [6.45, 7) is 3.13. The summed E-state index contributed by atoms with van der Waals surface area (Å²) in [5.41, 5.74) is -0.183. The smallest absolute Gasteiger partial charge is 0.336 e. The predicted octanol–water partition coefficient (Wildman–Crippen LogP) is -0.212. The van der Waals surface area contributed by atoms with Crippen molar-refractivity contribution in [2.75, 3.05) is 20.7 Å². The van der Waals surface area contributed by atoms with Crippen molar-refractivity contribution in [3.8, 4) is 11.5 Å². The van der Waals surface area contributed by atoms with Crippen molar-refractivity contribution in [1.82, 2.24) is 10.2 Å². The van der Waals surface area contributed by atoms with Gasteiger partial charge in [-0.15, -0.1) is 0 Å². The quantitative estimate of drug-likeness (QED) is 0.285. The molecule has 2 aliphatic carbocycles. The van der Waals surface area contributed by atoms with E-state index < -0.39 is 65.6 Å². The Kier molecular flexibility index (Phi) is 7.24. The summed E-state index contributed by atoms with van der Waals surface area (Å²) in [5.74, 6) is -3.15. The van der Waals surface area contributed by atoms with Gasteiger partial charge in [-0.05, 0) is 58.0 Å². The topological polar surface area (TPSA) is 181 Å². The van der Waals surface area contributed by atoms with E-state index in [9.17, 15) is 29.4 Å². The number of hydrogen-bond donors (Lipinski definition) is 4. The maximum Gasteiger partial charge on any atom is 0.336 e. The number of carboxylic acids is 1. The van der Waals surface area contributed by atoms with E-state index in [1.807, 2.05) is 19.2 Å². The minimum Gasteiger partial charge on any atom is -0.493 e. The van der Waals surface area contributed by atoms with Crippen molar-refractivity contribution in [3.05, 3.63) is 35.1 Å². The molecule has 0 saturated carbocycles. The first-order valence-electron chi connectivity index (χ1n) is 13.5. The first-order chi connectivity index (χ1) is 19.3. The number of rotatable bonds is 9. The maximum atomic E-state index is 12.9. The highest BCUT2D eigenvalue weighted by molar-refractivity contribution is 5.89. The molecule has 1 saturated heterocycles. The molecule has 1 aromatic rings. The molecule has 41 heavy (non-hydrogen) atoms. The molecule has 1 amide bonds. The Hall–Kier alpha value is -3.68. The van der Waals surface area contributed by atoms with Gasteiger partial charge in [0, 0.05) is 18.0 Å². The van der Waals surface area contributed by atoms with E-state index in [1.54, 1.807) is 6.08 Å². The number of aliphatic hydroxyl groups is 2. The number of likely N-dealkylation sites (N-methyl/N-ethyl adjacent to an activating group) is 1. The molecule has 13 nitrogen and oxygen atoms in total. The number of amides is 1. The zero-order chi connectivity index (χ0) is 29.9. The lowest BCUT2D eigenvalue weighted by Crippen LogP contribution is -2.74. The second-order valence-electron chi connectivity index (χ2n) is 11.1.